The third-order valence-electron chi connectivity index (χ3n) is 9.15. The summed E-state index contributed by atoms with van der Waals surface area (Å²) in [5, 5.41) is 13.3. The molecular formula is C34H36ClN3O7. The predicted octanol–water partition coefficient (Wildman–Crippen LogP) is 3.26. The average molecular weight is 634 g/mol. The minimum atomic E-state index is -1.45. The van der Waals surface area contributed by atoms with Gasteiger partial charge < -0.3 is 29.7 Å². The number of cyclic esters (lactones) is 1. The molecule has 3 amide bonds. The summed E-state index contributed by atoms with van der Waals surface area (Å²) in [5.41, 5.74) is 0.457. The van der Waals surface area contributed by atoms with Crippen molar-refractivity contribution in [2.24, 2.45) is 11.8 Å². The molecule has 2 aromatic carbocycles. The Kier molecular flexibility index (Phi) is 8.56. The van der Waals surface area contributed by atoms with Crippen LogP contribution in [-0.4, -0.2) is 77.2 Å². The highest BCUT2D eigenvalue weighted by molar-refractivity contribution is 6.34. The van der Waals surface area contributed by atoms with Crippen LogP contribution in [0.1, 0.15) is 37.0 Å². The molecule has 0 saturated carbocycles. The number of ether oxygens (including phenoxy) is 2. The highest BCUT2D eigenvalue weighted by Gasteiger charge is 2.73. The normalized spacial score (nSPS) is 32.4. The zero-order valence-electron chi connectivity index (χ0n) is 25.1. The van der Waals surface area contributed by atoms with Crippen LogP contribution < -0.4 is 10.2 Å². The number of carbonyl (C=O) groups excluding carboxylic acids is 4. The van der Waals surface area contributed by atoms with Crippen LogP contribution in [0, 0.1) is 18.8 Å². The molecule has 236 valence electrons. The fourth-order valence-electron chi connectivity index (χ4n) is 7.19. The van der Waals surface area contributed by atoms with E-state index in [1.807, 2.05) is 49.4 Å². The van der Waals surface area contributed by atoms with Gasteiger partial charge in [-0.2, -0.15) is 0 Å². The number of esters is 1. The Labute approximate surface area is 266 Å². The molecular weight excluding hydrogens is 598 g/mol. The van der Waals surface area contributed by atoms with E-state index in [4.69, 9.17) is 21.1 Å². The van der Waals surface area contributed by atoms with Crippen molar-refractivity contribution in [3.8, 4) is 0 Å². The van der Waals surface area contributed by atoms with Gasteiger partial charge in [-0.3, -0.25) is 19.2 Å². The minimum absolute atomic E-state index is 0.106. The van der Waals surface area contributed by atoms with Crippen molar-refractivity contribution in [3.63, 3.8) is 0 Å². The Morgan fingerprint density at radius 2 is 1.82 bits per heavy atom. The first-order valence-corrected chi connectivity index (χ1v) is 15.6. The highest BCUT2D eigenvalue weighted by atomic mass is 35.5. The Bertz CT molecular complexity index is 1540. The van der Waals surface area contributed by atoms with Crippen LogP contribution in [0.15, 0.2) is 72.8 Å². The number of amides is 3. The van der Waals surface area contributed by atoms with Gasteiger partial charge in [-0.25, -0.2) is 0 Å². The van der Waals surface area contributed by atoms with E-state index in [0.29, 0.717) is 22.7 Å². The second-order valence-electron chi connectivity index (χ2n) is 11.9. The molecule has 5 bridgehead atoms. The summed E-state index contributed by atoms with van der Waals surface area (Å²) in [4.78, 5) is 58.7. The Morgan fingerprint density at radius 1 is 1.04 bits per heavy atom. The average Bonchev–Trinajstić information content (AvgIpc) is 3.66. The van der Waals surface area contributed by atoms with Gasteiger partial charge in [0, 0.05) is 19.5 Å². The van der Waals surface area contributed by atoms with Crippen LogP contribution in [0.2, 0.25) is 5.02 Å². The molecule has 7 atom stereocenters. The van der Waals surface area contributed by atoms with E-state index in [1.54, 1.807) is 37.3 Å². The fraction of sp³-hybridized carbons (Fsp3) is 0.412. The van der Waals surface area contributed by atoms with Crippen molar-refractivity contribution >= 4 is 41.0 Å². The van der Waals surface area contributed by atoms with Crippen LogP contribution in [0.3, 0.4) is 0 Å². The van der Waals surface area contributed by atoms with Gasteiger partial charge in [-0.1, -0.05) is 78.4 Å². The number of halogens is 1. The molecule has 0 aliphatic carbocycles. The standard InChI is InChI=1S/C34H36ClN3O7/c1-20-10-9-13-23(35)28(20)37-17-8-4-7-14-25(40)36-21(2)29(22-11-5-3-6-12-22)44-33(43)26-24-15-16-34(45-24)27(26)31(41)38(18-19-39)30(34)32(37)42/h3-6,8-13,15-16,21,24,26-27,29-30,39H,7,14,17-19H2,1-2H3,(H,36,40)/b8-4-/t21-,24+,26-,27-,29+,30+,34-/m1/s1. The maximum absolute atomic E-state index is 14.7. The molecule has 45 heavy (non-hydrogen) atoms. The number of nitrogens with one attached hydrogen (secondary N) is 1. The molecule has 2 fully saturated rings. The lowest BCUT2D eigenvalue weighted by molar-refractivity contribution is -0.161. The first-order chi connectivity index (χ1) is 21.7. The van der Waals surface area contributed by atoms with Crippen molar-refractivity contribution in [1.82, 2.24) is 10.2 Å². The first-order valence-electron chi connectivity index (χ1n) is 15.2. The Hall–Kier alpha value is -3.99. The van der Waals surface area contributed by atoms with Crippen molar-refractivity contribution in [1.29, 1.82) is 0 Å². The molecule has 2 saturated heterocycles. The van der Waals surface area contributed by atoms with Crippen molar-refractivity contribution in [2.75, 3.05) is 24.6 Å². The molecule has 6 rings (SSSR count). The number of hydrogen-bond donors (Lipinski definition) is 2. The van der Waals surface area contributed by atoms with Crippen molar-refractivity contribution in [2.45, 2.75) is 56.6 Å². The van der Waals surface area contributed by atoms with Gasteiger partial charge in [-0.15, -0.1) is 0 Å². The van der Waals surface area contributed by atoms with Crippen LogP contribution >= 0.6 is 11.6 Å². The lowest BCUT2D eigenvalue weighted by atomic mass is 9.74. The summed E-state index contributed by atoms with van der Waals surface area (Å²) in [5.74, 6) is -3.91. The smallest absolute Gasteiger partial charge is 0.313 e. The van der Waals surface area contributed by atoms with E-state index in [2.05, 4.69) is 5.32 Å². The number of likely N-dealkylation sites (tertiary alicyclic amines) is 1. The summed E-state index contributed by atoms with van der Waals surface area (Å²) >= 11 is 6.66. The number of carbonyl (C=O) groups is 4. The number of anilines is 1. The maximum Gasteiger partial charge on any atom is 0.313 e. The number of β-amino-alcohol motifs (C(OH)–C–C–N with tert-alkyl or cyclic N) is 1. The molecule has 4 aliphatic rings. The molecule has 2 aromatic rings. The lowest BCUT2D eigenvalue weighted by Gasteiger charge is -2.36. The van der Waals surface area contributed by atoms with Gasteiger partial charge in [0.05, 0.1) is 35.4 Å². The summed E-state index contributed by atoms with van der Waals surface area (Å²) in [7, 11) is 0. The van der Waals surface area contributed by atoms with E-state index < -0.39 is 59.5 Å². The quantitative estimate of drug-likeness (QED) is 0.391. The number of nitrogens with zero attached hydrogens (tertiary/aromatic N) is 2. The van der Waals surface area contributed by atoms with Crippen LogP contribution in [0.25, 0.3) is 0 Å². The zero-order valence-corrected chi connectivity index (χ0v) is 25.9. The number of benzene rings is 2. The molecule has 11 heteroatoms. The summed E-state index contributed by atoms with van der Waals surface area (Å²) in [6.07, 6.45) is 5.99. The molecule has 1 spiro atoms. The molecule has 10 nitrogen and oxygen atoms in total. The second kappa shape index (κ2) is 12.4. The van der Waals surface area contributed by atoms with Gasteiger partial charge in [0.2, 0.25) is 11.8 Å². The van der Waals surface area contributed by atoms with Gasteiger partial charge in [-0.05, 0) is 37.5 Å². The maximum atomic E-state index is 14.7. The van der Waals surface area contributed by atoms with E-state index >= 15 is 0 Å². The summed E-state index contributed by atoms with van der Waals surface area (Å²) in [6, 6.07) is 12.7. The van der Waals surface area contributed by atoms with Crippen molar-refractivity contribution < 1.29 is 33.8 Å². The fourth-order valence-corrected chi connectivity index (χ4v) is 7.51. The summed E-state index contributed by atoms with van der Waals surface area (Å²) in [6.45, 7) is 3.20. The monoisotopic (exact) mass is 633 g/mol. The molecule has 4 aliphatic heterocycles. The van der Waals surface area contributed by atoms with Crippen molar-refractivity contribution in [3.05, 3.63) is 89.0 Å². The lowest BCUT2D eigenvalue weighted by Crippen LogP contribution is -2.56. The largest absolute Gasteiger partial charge is 0.455 e. The Morgan fingerprint density at radius 3 is 2.56 bits per heavy atom. The number of allylic oxidation sites excluding steroid dienone is 1. The highest BCUT2D eigenvalue weighted by Crippen LogP contribution is 2.56. The Balaban J connectivity index is 1.46. The number of fused-ring (bicyclic) bond motifs is 2. The topological polar surface area (TPSA) is 125 Å². The number of rotatable bonds is 4. The third-order valence-corrected chi connectivity index (χ3v) is 9.46. The van der Waals surface area contributed by atoms with Crippen LogP contribution in [-0.2, 0) is 28.7 Å². The van der Waals surface area contributed by atoms with Crippen LogP contribution in [0.4, 0.5) is 5.69 Å². The molecule has 0 radical (unpaired) electrons. The molecule has 2 N–H and O–H groups in total. The van der Waals surface area contributed by atoms with Gasteiger partial charge in [0.1, 0.15) is 23.7 Å². The summed E-state index contributed by atoms with van der Waals surface area (Å²) < 4.78 is 12.6. The number of hydrogen-bond acceptors (Lipinski definition) is 7. The first kappa shape index (κ1) is 31.0. The SMILES string of the molecule is Cc1cccc(Cl)c1N1C/C=C\CCC(=O)N[C@H](C)[C@@H](c2ccccc2)OC(=O)[C@@H]2[C@@H]3C=C[C@]4(O3)[C@H](C1=O)N(CCO)C(=O)[C@@H]24. The second-order valence-corrected chi connectivity index (χ2v) is 12.4. The zero-order chi connectivity index (χ0) is 31.9. The third kappa shape index (κ3) is 5.34. The van der Waals surface area contributed by atoms with Gasteiger partial charge in [0.15, 0.2) is 0 Å². The number of aliphatic hydroxyl groups is 1. The number of aryl methyl sites for hydroxylation is 1. The van der Waals surface area contributed by atoms with Gasteiger partial charge in [0.25, 0.3) is 5.91 Å². The number of para-hydroxylation sites is 1. The minimum Gasteiger partial charge on any atom is -0.455 e. The van der Waals surface area contributed by atoms with Crippen LogP contribution in [0.5, 0.6) is 0 Å². The van der Waals surface area contributed by atoms with E-state index in [1.165, 1.54) is 9.80 Å². The van der Waals surface area contributed by atoms with E-state index in [0.717, 1.165) is 5.56 Å². The predicted molar refractivity (Wildman–Crippen MR) is 166 cm³/mol. The molecule has 0 aromatic heterocycles. The van der Waals surface area contributed by atoms with Gasteiger partial charge >= 0.3 is 5.97 Å². The molecule has 4 heterocycles. The number of aliphatic hydroxyl groups excluding tert-OH is 1. The van der Waals surface area contributed by atoms with E-state index in [-0.39, 0.29) is 32.0 Å². The van der Waals surface area contributed by atoms with E-state index in [9.17, 15) is 24.3 Å². The molecule has 0 unspecified atom stereocenters.